The largest absolute Gasteiger partial charge is 0.496 e. The highest BCUT2D eigenvalue weighted by atomic mass is 79.9. The number of carbonyl (C=O) groups excluding carboxylic acids is 1. The number of para-hydroxylation sites is 2. The van der Waals surface area contributed by atoms with Gasteiger partial charge in [0.15, 0.2) is 17.3 Å². The quantitative estimate of drug-likeness (QED) is 0.273. The highest BCUT2D eigenvalue weighted by molar-refractivity contribution is 9.10. The summed E-state index contributed by atoms with van der Waals surface area (Å²) in [6.07, 6.45) is 3.36. The molecule has 0 aromatic heterocycles. The summed E-state index contributed by atoms with van der Waals surface area (Å²) in [5, 5.41) is 0. The zero-order valence-electron chi connectivity index (χ0n) is 16.9. The molecular weight excluding hydrogens is 444 g/mol. The molecule has 0 spiro atoms. The van der Waals surface area contributed by atoms with Gasteiger partial charge in [-0.2, -0.15) is 0 Å². The van der Waals surface area contributed by atoms with Crippen LogP contribution in [0.15, 0.2) is 77.3 Å². The van der Waals surface area contributed by atoms with Crippen LogP contribution in [0.4, 0.5) is 0 Å². The Bertz CT molecular complexity index is 1030. The third-order valence-corrected chi connectivity index (χ3v) is 4.92. The standard InChI is InChI=1S/C25H23BrO4/c1-3-29-24-6-4-5-7-25(24)30-17-20-16-18(9-15-23(20)28-2)8-14-22(27)19-10-12-21(26)13-11-19/h4-16H,3,17H2,1-2H3/b14-8+. The van der Waals surface area contributed by atoms with Crippen LogP contribution in [-0.4, -0.2) is 19.5 Å². The first kappa shape index (κ1) is 21.7. The lowest BCUT2D eigenvalue weighted by molar-refractivity contribution is 0.104. The van der Waals surface area contributed by atoms with Crippen LogP contribution in [0.2, 0.25) is 0 Å². The van der Waals surface area contributed by atoms with Crippen LogP contribution < -0.4 is 14.2 Å². The van der Waals surface area contributed by atoms with Crippen molar-refractivity contribution < 1.29 is 19.0 Å². The van der Waals surface area contributed by atoms with Gasteiger partial charge in [-0.05, 0) is 67.1 Å². The minimum atomic E-state index is -0.0539. The van der Waals surface area contributed by atoms with Crippen molar-refractivity contribution in [2.45, 2.75) is 13.5 Å². The Hall–Kier alpha value is -3.05. The molecule has 0 radical (unpaired) electrons. The van der Waals surface area contributed by atoms with E-state index in [4.69, 9.17) is 14.2 Å². The van der Waals surface area contributed by atoms with Gasteiger partial charge in [0.05, 0.1) is 13.7 Å². The van der Waals surface area contributed by atoms with Crippen LogP contribution >= 0.6 is 15.9 Å². The molecule has 3 rings (SSSR count). The van der Waals surface area contributed by atoms with Gasteiger partial charge in [-0.25, -0.2) is 0 Å². The summed E-state index contributed by atoms with van der Waals surface area (Å²) in [5.41, 5.74) is 2.40. The number of hydrogen-bond acceptors (Lipinski definition) is 4. The molecule has 3 aromatic carbocycles. The number of ether oxygens (including phenoxy) is 3. The first-order valence-electron chi connectivity index (χ1n) is 9.60. The fourth-order valence-corrected chi connectivity index (χ4v) is 3.16. The minimum Gasteiger partial charge on any atom is -0.496 e. The maximum atomic E-state index is 12.4. The van der Waals surface area contributed by atoms with E-state index in [1.165, 1.54) is 0 Å². The Morgan fingerprint density at radius 2 is 1.63 bits per heavy atom. The van der Waals surface area contributed by atoms with Crippen LogP contribution in [0.3, 0.4) is 0 Å². The number of halogens is 1. The first-order valence-corrected chi connectivity index (χ1v) is 10.4. The van der Waals surface area contributed by atoms with Crippen molar-refractivity contribution in [3.05, 3.63) is 94.0 Å². The number of methoxy groups -OCH3 is 1. The summed E-state index contributed by atoms with van der Waals surface area (Å²) in [7, 11) is 1.62. The van der Waals surface area contributed by atoms with Crippen molar-refractivity contribution in [3.8, 4) is 17.2 Å². The van der Waals surface area contributed by atoms with Crippen molar-refractivity contribution >= 4 is 27.8 Å². The van der Waals surface area contributed by atoms with Crippen LogP contribution in [0.1, 0.15) is 28.4 Å². The predicted molar refractivity (Wildman–Crippen MR) is 122 cm³/mol. The molecule has 3 aromatic rings. The second-order valence-electron chi connectivity index (χ2n) is 6.44. The van der Waals surface area contributed by atoms with Crippen molar-refractivity contribution in [1.29, 1.82) is 0 Å². The van der Waals surface area contributed by atoms with E-state index < -0.39 is 0 Å². The molecule has 0 heterocycles. The van der Waals surface area contributed by atoms with Gasteiger partial charge in [-0.3, -0.25) is 4.79 Å². The van der Waals surface area contributed by atoms with Gasteiger partial charge < -0.3 is 14.2 Å². The highest BCUT2D eigenvalue weighted by Gasteiger charge is 2.09. The molecule has 0 N–H and O–H groups in total. The molecule has 0 atom stereocenters. The van der Waals surface area contributed by atoms with E-state index in [1.807, 2.05) is 61.5 Å². The molecule has 0 fully saturated rings. The summed E-state index contributed by atoms with van der Waals surface area (Å²) < 4.78 is 18.0. The van der Waals surface area contributed by atoms with Crippen molar-refractivity contribution in [2.24, 2.45) is 0 Å². The molecule has 0 aliphatic rings. The molecular formula is C25H23BrO4. The lowest BCUT2D eigenvalue weighted by Crippen LogP contribution is -2.01. The minimum absolute atomic E-state index is 0.0539. The van der Waals surface area contributed by atoms with E-state index in [0.29, 0.717) is 30.3 Å². The van der Waals surface area contributed by atoms with E-state index in [1.54, 1.807) is 31.4 Å². The van der Waals surface area contributed by atoms with E-state index in [0.717, 1.165) is 21.3 Å². The number of rotatable bonds is 9. The zero-order valence-corrected chi connectivity index (χ0v) is 18.5. The molecule has 5 heteroatoms. The first-order chi connectivity index (χ1) is 14.6. The molecule has 4 nitrogen and oxygen atoms in total. The lowest BCUT2D eigenvalue weighted by Gasteiger charge is -2.14. The van der Waals surface area contributed by atoms with E-state index in [9.17, 15) is 4.79 Å². The fourth-order valence-electron chi connectivity index (χ4n) is 2.90. The maximum absolute atomic E-state index is 12.4. The van der Waals surface area contributed by atoms with E-state index >= 15 is 0 Å². The third kappa shape index (κ3) is 5.74. The molecule has 0 amide bonds. The average molecular weight is 467 g/mol. The van der Waals surface area contributed by atoms with Gasteiger partial charge in [-0.15, -0.1) is 0 Å². The molecule has 0 unspecified atom stereocenters. The van der Waals surface area contributed by atoms with Gasteiger partial charge in [0.25, 0.3) is 0 Å². The van der Waals surface area contributed by atoms with Gasteiger partial charge in [0, 0.05) is 15.6 Å². The van der Waals surface area contributed by atoms with Gasteiger partial charge in [-0.1, -0.05) is 40.2 Å². The Labute approximate surface area is 185 Å². The van der Waals surface area contributed by atoms with Crippen molar-refractivity contribution in [3.63, 3.8) is 0 Å². The maximum Gasteiger partial charge on any atom is 0.185 e. The normalized spacial score (nSPS) is 10.8. The number of ketones is 1. The smallest absolute Gasteiger partial charge is 0.185 e. The van der Waals surface area contributed by atoms with E-state index in [2.05, 4.69) is 15.9 Å². The topological polar surface area (TPSA) is 44.8 Å². The predicted octanol–water partition coefficient (Wildman–Crippen LogP) is 6.33. The molecule has 0 saturated heterocycles. The molecule has 0 aliphatic carbocycles. The van der Waals surface area contributed by atoms with Crippen LogP contribution in [0, 0.1) is 0 Å². The Morgan fingerprint density at radius 1 is 0.933 bits per heavy atom. The Kier molecular flexibility index (Phi) is 7.69. The molecule has 30 heavy (non-hydrogen) atoms. The van der Waals surface area contributed by atoms with Crippen molar-refractivity contribution in [2.75, 3.05) is 13.7 Å². The summed E-state index contributed by atoms with van der Waals surface area (Å²) in [6, 6.07) is 20.6. The number of hydrogen-bond donors (Lipinski definition) is 0. The van der Waals surface area contributed by atoms with Crippen LogP contribution in [0.25, 0.3) is 6.08 Å². The molecule has 154 valence electrons. The molecule has 0 aliphatic heterocycles. The summed E-state index contributed by atoms with van der Waals surface area (Å²) in [6.45, 7) is 2.82. The molecule has 0 bridgehead atoms. The SMILES string of the molecule is CCOc1ccccc1OCc1cc(/C=C/C(=O)c2ccc(Br)cc2)ccc1OC. The average Bonchev–Trinajstić information content (AvgIpc) is 2.77. The Morgan fingerprint density at radius 3 is 2.30 bits per heavy atom. The van der Waals surface area contributed by atoms with Crippen molar-refractivity contribution in [1.82, 2.24) is 0 Å². The lowest BCUT2D eigenvalue weighted by atomic mass is 10.1. The number of carbonyl (C=O) groups is 1. The summed E-state index contributed by atoms with van der Waals surface area (Å²) in [4.78, 5) is 12.4. The fraction of sp³-hybridized carbons (Fsp3) is 0.160. The number of allylic oxidation sites excluding steroid dienone is 1. The monoisotopic (exact) mass is 466 g/mol. The second-order valence-corrected chi connectivity index (χ2v) is 7.36. The van der Waals surface area contributed by atoms with Gasteiger partial charge >= 0.3 is 0 Å². The second kappa shape index (κ2) is 10.6. The third-order valence-electron chi connectivity index (χ3n) is 4.39. The van der Waals surface area contributed by atoms with Gasteiger partial charge in [0.2, 0.25) is 0 Å². The summed E-state index contributed by atoms with van der Waals surface area (Å²) in [5.74, 6) is 2.05. The van der Waals surface area contributed by atoms with Crippen LogP contribution in [-0.2, 0) is 6.61 Å². The Balaban J connectivity index is 1.75. The number of benzene rings is 3. The zero-order chi connectivity index (χ0) is 21.3. The van der Waals surface area contributed by atoms with Gasteiger partial charge in [0.1, 0.15) is 12.4 Å². The molecule has 0 saturated carbocycles. The summed E-state index contributed by atoms with van der Waals surface area (Å²) >= 11 is 3.38. The van der Waals surface area contributed by atoms with Crippen LogP contribution in [0.5, 0.6) is 17.2 Å². The highest BCUT2D eigenvalue weighted by Crippen LogP contribution is 2.29. The van der Waals surface area contributed by atoms with E-state index in [-0.39, 0.29) is 5.78 Å².